The van der Waals surface area contributed by atoms with Crippen LogP contribution in [0.5, 0.6) is 0 Å². The first-order chi connectivity index (χ1) is 8.19. The predicted octanol–water partition coefficient (Wildman–Crippen LogP) is 2.42. The normalized spacial score (nSPS) is 10.9. The molecule has 0 aliphatic rings. The number of likely N-dealkylation sites (N-methyl/N-ethyl adjacent to an activating group) is 1. The zero-order chi connectivity index (χ0) is 13.1. The Morgan fingerprint density at radius 1 is 1.12 bits per heavy atom. The smallest absolute Gasteiger partial charge is 0.222 e. The molecule has 4 nitrogen and oxygen atoms in total. The van der Waals surface area contributed by atoms with Crippen LogP contribution >= 0.6 is 0 Å². The summed E-state index contributed by atoms with van der Waals surface area (Å²) in [6, 6.07) is 0. The molecular weight excluding hydrogens is 218 g/mol. The number of hydrogen-bond acceptors (Lipinski definition) is 3. The molecule has 102 valence electrons. The third-order valence-electron chi connectivity index (χ3n) is 2.55. The van der Waals surface area contributed by atoms with Crippen molar-refractivity contribution >= 4 is 5.91 Å². The van der Waals surface area contributed by atoms with Crippen LogP contribution < -0.4 is 0 Å². The molecule has 0 fully saturated rings. The van der Waals surface area contributed by atoms with E-state index in [0.717, 1.165) is 12.8 Å². The fraction of sp³-hybridized carbons (Fsp3) is 0.923. The average Bonchev–Trinajstić information content (AvgIpc) is 2.33. The largest absolute Gasteiger partial charge is 0.351 e. The summed E-state index contributed by atoms with van der Waals surface area (Å²) in [4.78, 5) is 13.7. The van der Waals surface area contributed by atoms with Crippen molar-refractivity contribution in [1.82, 2.24) is 4.90 Å². The van der Waals surface area contributed by atoms with Gasteiger partial charge in [0, 0.05) is 26.2 Å². The van der Waals surface area contributed by atoms with Crippen molar-refractivity contribution in [1.29, 1.82) is 0 Å². The third kappa shape index (κ3) is 7.34. The van der Waals surface area contributed by atoms with Crippen LogP contribution in [-0.2, 0) is 14.3 Å². The Bertz CT molecular complexity index is 191. The monoisotopic (exact) mass is 245 g/mol. The molecule has 0 aromatic heterocycles. The summed E-state index contributed by atoms with van der Waals surface area (Å²) >= 11 is 0. The fourth-order valence-corrected chi connectivity index (χ4v) is 1.60. The minimum absolute atomic E-state index is 0.193. The van der Waals surface area contributed by atoms with Gasteiger partial charge >= 0.3 is 0 Å². The molecule has 4 heteroatoms. The van der Waals surface area contributed by atoms with E-state index < -0.39 is 0 Å². The van der Waals surface area contributed by atoms with Crippen LogP contribution in [-0.4, -0.2) is 43.4 Å². The Kier molecular flexibility index (Phi) is 10.2. The van der Waals surface area contributed by atoms with Gasteiger partial charge in [-0.1, -0.05) is 13.3 Å². The van der Waals surface area contributed by atoms with Gasteiger partial charge in [-0.05, 0) is 27.2 Å². The molecule has 0 saturated heterocycles. The first-order valence-corrected chi connectivity index (χ1v) is 6.70. The maximum atomic E-state index is 11.9. The molecule has 0 aromatic rings. The fourth-order valence-electron chi connectivity index (χ4n) is 1.60. The number of amides is 1. The second-order valence-electron chi connectivity index (χ2n) is 3.88. The number of carbonyl (C=O) groups excluding carboxylic acids is 1. The van der Waals surface area contributed by atoms with Crippen LogP contribution in [0.2, 0.25) is 0 Å². The lowest BCUT2D eigenvalue weighted by Crippen LogP contribution is -2.39. The molecule has 0 radical (unpaired) electrons. The Balaban J connectivity index is 4.18. The molecule has 0 atom stereocenters. The number of carbonyl (C=O) groups is 1. The first-order valence-electron chi connectivity index (χ1n) is 6.70. The minimum Gasteiger partial charge on any atom is -0.351 e. The zero-order valence-corrected chi connectivity index (χ0v) is 11.7. The lowest BCUT2D eigenvalue weighted by Gasteiger charge is -2.26. The highest BCUT2D eigenvalue weighted by Crippen LogP contribution is 2.05. The van der Waals surface area contributed by atoms with Gasteiger partial charge in [0.25, 0.3) is 0 Å². The number of hydrogen-bond donors (Lipinski definition) is 0. The first kappa shape index (κ1) is 16.4. The quantitative estimate of drug-likeness (QED) is 0.555. The standard InChI is InChI=1S/C13H27NO3/c1-5-9-10-12(15)14(6-2)11-13(16-7-3)17-8-4/h13H,5-11H2,1-4H3. The number of nitrogens with zero attached hydrogens (tertiary/aromatic N) is 1. The van der Waals surface area contributed by atoms with Crippen LogP contribution in [0.25, 0.3) is 0 Å². The Morgan fingerprint density at radius 3 is 2.12 bits per heavy atom. The summed E-state index contributed by atoms with van der Waals surface area (Å²) in [6.07, 6.45) is 2.32. The van der Waals surface area contributed by atoms with Crippen LogP contribution in [0.3, 0.4) is 0 Å². The van der Waals surface area contributed by atoms with Crippen molar-refractivity contribution in [2.24, 2.45) is 0 Å². The lowest BCUT2D eigenvalue weighted by atomic mass is 10.2. The van der Waals surface area contributed by atoms with Crippen molar-refractivity contribution in [2.75, 3.05) is 26.3 Å². The van der Waals surface area contributed by atoms with E-state index in [0.29, 0.717) is 32.7 Å². The SMILES string of the molecule is CCCCC(=O)N(CC)CC(OCC)OCC. The molecule has 0 rings (SSSR count). The highest BCUT2D eigenvalue weighted by Gasteiger charge is 2.17. The van der Waals surface area contributed by atoms with E-state index in [9.17, 15) is 4.79 Å². The molecule has 1 amide bonds. The molecule has 17 heavy (non-hydrogen) atoms. The molecule has 0 saturated carbocycles. The summed E-state index contributed by atoms with van der Waals surface area (Å²) in [5.74, 6) is 0.193. The summed E-state index contributed by atoms with van der Waals surface area (Å²) in [5, 5.41) is 0. The van der Waals surface area contributed by atoms with E-state index in [-0.39, 0.29) is 12.2 Å². The van der Waals surface area contributed by atoms with E-state index in [4.69, 9.17) is 9.47 Å². The van der Waals surface area contributed by atoms with Crippen molar-refractivity contribution in [3.63, 3.8) is 0 Å². The molecule has 0 unspecified atom stereocenters. The predicted molar refractivity (Wildman–Crippen MR) is 68.8 cm³/mol. The highest BCUT2D eigenvalue weighted by atomic mass is 16.7. The molecular formula is C13H27NO3. The van der Waals surface area contributed by atoms with Gasteiger partial charge in [0.1, 0.15) is 0 Å². The van der Waals surface area contributed by atoms with Crippen LogP contribution in [0, 0.1) is 0 Å². The van der Waals surface area contributed by atoms with E-state index in [1.807, 2.05) is 25.7 Å². The molecule has 0 bridgehead atoms. The second kappa shape index (κ2) is 10.5. The molecule has 0 aliphatic heterocycles. The van der Waals surface area contributed by atoms with Gasteiger partial charge in [-0.15, -0.1) is 0 Å². The summed E-state index contributed by atoms with van der Waals surface area (Å²) in [6.45, 7) is 10.4. The second-order valence-corrected chi connectivity index (χ2v) is 3.88. The number of unbranched alkanes of at least 4 members (excludes halogenated alkanes) is 1. The van der Waals surface area contributed by atoms with E-state index in [1.165, 1.54) is 0 Å². The molecule has 0 heterocycles. The third-order valence-corrected chi connectivity index (χ3v) is 2.55. The maximum absolute atomic E-state index is 11.9. The Morgan fingerprint density at radius 2 is 1.71 bits per heavy atom. The summed E-state index contributed by atoms with van der Waals surface area (Å²) < 4.78 is 10.9. The van der Waals surface area contributed by atoms with Crippen LogP contribution in [0.1, 0.15) is 47.0 Å². The summed E-state index contributed by atoms with van der Waals surface area (Å²) in [7, 11) is 0. The van der Waals surface area contributed by atoms with Gasteiger partial charge < -0.3 is 14.4 Å². The number of ether oxygens (including phenoxy) is 2. The van der Waals surface area contributed by atoms with Crippen molar-refractivity contribution < 1.29 is 14.3 Å². The Labute approximate surface area is 105 Å². The van der Waals surface area contributed by atoms with Gasteiger partial charge in [0.05, 0.1) is 6.54 Å². The maximum Gasteiger partial charge on any atom is 0.222 e. The average molecular weight is 245 g/mol. The molecule has 0 N–H and O–H groups in total. The van der Waals surface area contributed by atoms with Gasteiger partial charge in [-0.2, -0.15) is 0 Å². The van der Waals surface area contributed by atoms with Crippen molar-refractivity contribution in [3.8, 4) is 0 Å². The Hall–Kier alpha value is -0.610. The van der Waals surface area contributed by atoms with Gasteiger partial charge in [-0.3, -0.25) is 4.79 Å². The lowest BCUT2D eigenvalue weighted by molar-refractivity contribution is -0.158. The van der Waals surface area contributed by atoms with E-state index in [1.54, 1.807) is 0 Å². The van der Waals surface area contributed by atoms with Crippen LogP contribution in [0.4, 0.5) is 0 Å². The zero-order valence-electron chi connectivity index (χ0n) is 11.7. The van der Waals surface area contributed by atoms with E-state index in [2.05, 4.69) is 6.92 Å². The highest BCUT2D eigenvalue weighted by molar-refractivity contribution is 5.76. The van der Waals surface area contributed by atoms with Gasteiger partial charge in [-0.25, -0.2) is 0 Å². The van der Waals surface area contributed by atoms with Crippen molar-refractivity contribution in [3.05, 3.63) is 0 Å². The molecule has 0 aliphatic carbocycles. The van der Waals surface area contributed by atoms with Gasteiger partial charge in [0.15, 0.2) is 6.29 Å². The number of rotatable bonds is 10. The molecule has 0 spiro atoms. The van der Waals surface area contributed by atoms with Crippen molar-refractivity contribution in [2.45, 2.75) is 53.2 Å². The molecule has 0 aromatic carbocycles. The van der Waals surface area contributed by atoms with Crippen LogP contribution in [0.15, 0.2) is 0 Å². The van der Waals surface area contributed by atoms with Gasteiger partial charge in [0.2, 0.25) is 5.91 Å². The minimum atomic E-state index is -0.296. The van der Waals surface area contributed by atoms with E-state index >= 15 is 0 Å². The summed E-state index contributed by atoms with van der Waals surface area (Å²) in [5.41, 5.74) is 0. The topological polar surface area (TPSA) is 38.8 Å².